The van der Waals surface area contributed by atoms with Crippen LogP contribution >= 0.6 is 12.4 Å². The molecule has 1 aliphatic heterocycles. The van der Waals surface area contributed by atoms with E-state index in [0.717, 1.165) is 25.2 Å². The summed E-state index contributed by atoms with van der Waals surface area (Å²) in [4.78, 5) is 25.8. The maximum Gasteiger partial charge on any atom is 0.268 e. The Labute approximate surface area is 142 Å². The summed E-state index contributed by atoms with van der Waals surface area (Å²) in [7, 11) is 0. The van der Waals surface area contributed by atoms with Crippen molar-refractivity contribution in [2.75, 3.05) is 24.5 Å². The Bertz CT molecular complexity index is 575. The summed E-state index contributed by atoms with van der Waals surface area (Å²) >= 11 is 0. The molecule has 2 rings (SSSR count). The van der Waals surface area contributed by atoms with Crippen molar-refractivity contribution < 1.29 is 4.79 Å². The van der Waals surface area contributed by atoms with Gasteiger partial charge in [-0.05, 0) is 32.7 Å². The average molecular weight is 344 g/mol. The van der Waals surface area contributed by atoms with Crippen molar-refractivity contribution in [2.24, 2.45) is 11.7 Å². The Kier molecular flexibility index (Phi) is 7.51. The highest BCUT2D eigenvalue weighted by molar-refractivity contribution is 5.85. The lowest BCUT2D eigenvalue weighted by Gasteiger charge is -2.18. The number of halogens is 1. The van der Waals surface area contributed by atoms with Crippen LogP contribution in [-0.4, -0.2) is 41.4 Å². The standard InChI is InChI=1S/C15H25N5O2.ClH/c1-11(2)18-14(21)4-6-20-15(22)7-13(9-17-20)19-5-3-12(8-16)10-19;/h7,9,11-12H,3-6,8,10,16H2,1-2H3,(H,18,21);1H. The van der Waals surface area contributed by atoms with Crippen molar-refractivity contribution >= 4 is 24.0 Å². The minimum atomic E-state index is -0.175. The minimum Gasteiger partial charge on any atom is -0.370 e. The highest BCUT2D eigenvalue weighted by atomic mass is 35.5. The van der Waals surface area contributed by atoms with Crippen molar-refractivity contribution in [1.29, 1.82) is 0 Å². The largest absolute Gasteiger partial charge is 0.370 e. The van der Waals surface area contributed by atoms with Crippen LogP contribution in [0.2, 0.25) is 0 Å². The number of hydrogen-bond acceptors (Lipinski definition) is 5. The molecule has 1 unspecified atom stereocenters. The van der Waals surface area contributed by atoms with E-state index in [1.54, 1.807) is 12.3 Å². The topological polar surface area (TPSA) is 93.2 Å². The molecule has 0 saturated carbocycles. The van der Waals surface area contributed by atoms with Crippen molar-refractivity contribution in [2.45, 2.75) is 39.3 Å². The SMILES string of the molecule is CC(C)NC(=O)CCn1ncc(N2CCC(CN)C2)cc1=O.Cl. The van der Waals surface area contributed by atoms with Crippen molar-refractivity contribution in [3.63, 3.8) is 0 Å². The van der Waals surface area contributed by atoms with Crippen molar-refractivity contribution in [1.82, 2.24) is 15.1 Å². The van der Waals surface area contributed by atoms with Crippen LogP contribution < -0.4 is 21.5 Å². The lowest BCUT2D eigenvalue weighted by Crippen LogP contribution is -2.33. The number of aromatic nitrogens is 2. The van der Waals surface area contributed by atoms with Crippen LogP contribution in [0, 0.1) is 5.92 Å². The van der Waals surface area contributed by atoms with Gasteiger partial charge in [-0.25, -0.2) is 4.68 Å². The Morgan fingerprint density at radius 1 is 1.52 bits per heavy atom. The Morgan fingerprint density at radius 2 is 2.26 bits per heavy atom. The molecule has 2 heterocycles. The summed E-state index contributed by atoms with van der Waals surface area (Å²) in [5.41, 5.74) is 6.35. The molecule has 1 aromatic heterocycles. The van der Waals surface area contributed by atoms with E-state index >= 15 is 0 Å². The van der Waals surface area contributed by atoms with E-state index in [9.17, 15) is 9.59 Å². The van der Waals surface area contributed by atoms with Crippen LogP contribution in [0.25, 0.3) is 0 Å². The van der Waals surface area contributed by atoms with E-state index in [1.807, 2.05) is 13.8 Å². The second-order valence-corrected chi connectivity index (χ2v) is 6.08. The highest BCUT2D eigenvalue weighted by Gasteiger charge is 2.22. The van der Waals surface area contributed by atoms with Gasteiger partial charge in [0.15, 0.2) is 0 Å². The monoisotopic (exact) mass is 343 g/mol. The first kappa shape index (κ1) is 19.4. The summed E-state index contributed by atoms with van der Waals surface area (Å²) in [5, 5.41) is 6.97. The molecule has 0 aromatic carbocycles. The molecule has 0 radical (unpaired) electrons. The van der Waals surface area contributed by atoms with Gasteiger partial charge in [0, 0.05) is 31.6 Å². The first-order chi connectivity index (χ1) is 10.5. The molecule has 1 fully saturated rings. The lowest BCUT2D eigenvalue weighted by molar-refractivity contribution is -0.121. The van der Waals surface area contributed by atoms with E-state index in [4.69, 9.17) is 5.73 Å². The first-order valence-corrected chi connectivity index (χ1v) is 7.81. The molecule has 1 aliphatic rings. The fourth-order valence-electron chi connectivity index (χ4n) is 2.63. The Hall–Kier alpha value is -1.60. The number of nitrogens with one attached hydrogen (secondary N) is 1. The van der Waals surface area contributed by atoms with Gasteiger partial charge in [-0.15, -0.1) is 12.4 Å². The summed E-state index contributed by atoms with van der Waals surface area (Å²) < 4.78 is 1.33. The number of amides is 1. The number of rotatable bonds is 6. The third-order valence-corrected chi connectivity index (χ3v) is 3.84. The van der Waals surface area contributed by atoms with Crippen LogP contribution in [0.4, 0.5) is 5.69 Å². The third kappa shape index (κ3) is 5.51. The first-order valence-electron chi connectivity index (χ1n) is 7.81. The van der Waals surface area contributed by atoms with Crippen LogP contribution in [0.15, 0.2) is 17.1 Å². The number of carbonyl (C=O) groups excluding carboxylic acids is 1. The van der Waals surface area contributed by atoms with Gasteiger partial charge < -0.3 is 16.0 Å². The van der Waals surface area contributed by atoms with Gasteiger partial charge in [0.25, 0.3) is 5.56 Å². The zero-order valence-electron chi connectivity index (χ0n) is 13.7. The molecule has 7 nitrogen and oxygen atoms in total. The van der Waals surface area contributed by atoms with Gasteiger partial charge in [0.05, 0.1) is 18.4 Å². The molecular weight excluding hydrogens is 318 g/mol. The molecule has 1 aromatic rings. The van der Waals surface area contributed by atoms with Crippen LogP contribution in [0.3, 0.4) is 0 Å². The highest BCUT2D eigenvalue weighted by Crippen LogP contribution is 2.21. The predicted octanol–water partition coefficient (Wildman–Crippen LogP) is 0.365. The van der Waals surface area contributed by atoms with Gasteiger partial charge in [-0.3, -0.25) is 9.59 Å². The fraction of sp³-hybridized carbons (Fsp3) is 0.667. The number of hydrogen-bond donors (Lipinski definition) is 2. The molecule has 0 aliphatic carbocycles. The molecule has 1 saturated heterocycles. The second-order valence-electron chi connectivity index (χ2n) is 6.08. The van der Waals surface area contributed by atoms with Gasteiger partial charge in [0.1, 0.15) is 0 Å². The lowest BCUT2D eigenvalue weighted by atomic mass is 10.1. The molecule has 1 atom stereocenters. The molecule has 8 heteroatoms. The second kappa shape index (κ2) is 8.88. The smallest absolute Gasteiger partial charge is 0.268 e. The summed E-state index contributed by atoms with van der Waals surface area (Å²) in [6.45, 7) is 6.56. The van der Waals surface area contributed by atoms with Crippen LogP contribution in [-0.2, 0) is 11.3 Å². The zero-order valence-corrected chi connectivity index (χ0v) is 14.5. The van der Waals surface area contributed by atoms with E-state index in [-0.39, 0.29) is 36.3 Å². The van der Waals surface area contributed by atoms with Crippen molar-refractivity contribution in [3.8, 4) is 0 Å². The number of anilines is 1. The molecule has 130 valence electrons. The van der Waals surface area contributed by atoms with Crippen LogP contribution in [0.1, 0.15) is 26.7 Å². The van der Waals surface area contributed by atoms with Crippen LogP contribution in [0.5, 0.6) is 0 Å². The average Bonchev–Trinajstić information content (AvgIpc) is 2.94. The number of nitrogens with zero attached hydrogens (tertiary/aromatic N) is 3. The summed E-state index contributed by atoms with van der Waals surface area (Å²) in [6.07, 6.45) is 3.00. The summed E-state index contributed by atoms with van der Waals surface area (Å²) in [6, 6.07) is 1.69. The minimum absolute atomic E-state index is 0. The molecule has 23 heavy (non-hydrogen) atoms. The van der Waals surface area contributed by atoms with Gasteiger partial charge in [-0.2, -0.15) is 5.10 Å². The number of aryl methyl sites for hydroxylation is 1. The van der Waals surface area contributed by atoms with E-state index < -0.39 is 0 Å². The zero-order chi connectivity index (χ0) is 16.1. The van der Waals surface area contributed by atoms with E-state index in [0.29, 0.717) is 19.0 Å². The summed E-state index contributed by atoms with van der Waals surface area (Å²) in [5.74, 6) is 0.417. The fourth-order valence-corrected chi connectivity index (χ4v) is 2.63. The molecule has 0 bridgehead atoms. The maximum absolute atomic E-state index is 12.1. The van der Waals surface area contributed by atoms with Gasteiger partial charge >= 0.3 is 0 Å². The maximum atomic E-state index is 12.1. The normalized spacial score (nSPS) is 17.2. The van der Waals surface area contributed by atoms with Gasteiger partial charge in [-0.1, -0.05) is 0 Å². The number of carbonyl (C=O) groups is 1. The third-order valence-electron chi connectivity index (χ3n) is 3.84. The van der Waals surface area contributed by atoms with E-state index in [2.05, 4.69) is 15.3 Å². The number of nitrogens with two attached hydrogens (primary N) is 1. The predicted molar refractivity (Wildman–Crippen MR) is 93.0 cm³/mol. The van der Waals surface area contributed by atoms with Crippen molar-refractivity contribution in [3.05, 3.63) is 22.6 Å². The van der Waals surface area contributed by atoms with E-state index in [1.165, 1.54) is 4.68 Å². The van der Waals surface area contributed by atoms with Gasteiger partial charge in [0.2, 0.25) is 5.91 Å². The quantitative estimate of drug-likeness (QED) is 0.778. The molecule has 3 N–H and O–H groups in total. The molecular formula is C15H26ClN5O2. The Balaban J connectivity index is 0.00000264. The Morgan fingerprint density at radius 3 is 2.83 bits per heavy atom. The molecule has 0 spiro atoms. The molecule has 1 amide bonds.